The van der Waals surface area contributed by atoms with Crippen LogP contribution >= 0.6 is 24.5 Å². The van der Waals surface area contributed by atoms with Crippen LogP contribution in [0.3, 0.4) is 0 Å². The summed E-state index contributed by atoms with van der Waals surface area (Å²) in [5.74, 6) is 0. The van der Waals surface area contributed by atoms with Gasteiger partial charge in [-0.25, -0.2) is 0 Å². The fraction of sp³-hybridized carbons (Fsp3) is 0. The van der Waals surface area contributed by atoms with Crippen molar-refractivity contribution in [3.8, 4) is 0 Å². The highest BCUT2D eigenvalue weighted by molar-refractivity contribution is 7.95. The van der Waals surface area contributed by atoms with Gasteiger partial charge in [-0.15, -0.1) is 0 Å². The first-order chi connectivity index (χ1) is 5.56. The molecule has 12 heavy (non-hydrogen) atoms. The van der Waals surface area contributed by atoms with Gasteiger partial charge < -0.3 is 0 Å². The van der Waals surface area contributed by atoms with Gasteiger partial charge in [0.1, 0.15) is 0 Å². The molecule has 0 aliphatic carbocycles. The highest BCUT2D eigenvalue weighted by atomic mass is 35.5. The van der Waals surface area contributed by atoms with E-state index in [-0.39, 0.29) is 4.90 Å². The van der Waals surface area contributed by atoms with E-state index in [1.807, 2.05) is 0 Å². The molecule has 0 aliphatic heterocycles. The number of halogens is 1. The van der Waals surface area contributed by atoms with Crippen molar-refractivity contribution < 1.29 is 12.0 Å². The lowest BCUT2D eigenvalue weighted by Crippen LogP contribution is -1.98. The molecule has 1 rings (SSSR count). The van der Waals surface area contributed by atoms with Crippen molar-refractivity contribution in [2.75, 3.05) is 0 Å². The predicted molar refractivity (Wildman–Crippen MR) is 48.7 cm³/mol. The van der Waals surface area contributed by atoms with E-state index >= 15 is 0 Å². The molecule has 0 atom stereocenters. The summed E-state index contributed by atoms with van der Waals surface area (Å²) < 4.78 is 25.9. The van der Waals surface area contributed by atoms with Gasteiger partial charge in [0.15, 0.2) is 0 Å². The van der Waals surface area contributed by atoms with Crippen molar-refractivity contribution in [3.05, 3.63) is 29.3 Å². The molecule has 0 aromatic heterocycles. The smallest absolute Gasteiger partial charge is 0.197 e. The normalized spacial score (nSPS) is 11.5. The first kappa shape index (κ1) is 9.85. The van der Waals surface area contributed by atoms with Crippen molar-refractivity contribution in [1.29, 1.82) is 0 Å². The van der Waals surface area contributed by atoms with Gasteiger partial charge in [0.2, 0.25) is 0 Å². The quantitative estimate of drug-likeness (QED) is 0.616. The zero-order chi connectivity index (χ0) is 9.19. The lowest BCUT2D eigenvalue weighted by atomic mass is 10.4. The van der Waals surface area contributed by atoms with E-state index in [1.165, 1.54) is 24.3 Å². The number of rotatable bonds is 2. The first-order valence-corrected chi connectivity index (χ1v) is 5.05. The van der Waals surface area contributed by atoms with Crippen LogP contribution < -0.4 is 0 Å². The second-order valence-corrected chi connectivity index (χ2v) is 4.39. The third-order valence-electron chi connectivity index (χ3n) is 1.20. The average molecular weight is 225 g/mol. The zero-order valence-electron chi connectivity index (χ0n) is 5.77. The van der Waals surface area contributed by atoms with Crippen LogP contribution in [0.4, 0.5) is 0 Å². The van der Waals surface area contributed by atoms with E-state index in [9.17, 15) is 8.42 Å². The second-order valence-electron chi connectivity index (χ2n) is 1.98. The van der Waals surface area contributed by atoms with Crippen LogP contribution in [0.2, 0.25) is 5.02 Å². The Bertz CT molecular complexity index is 357. The van der Waals surface area contributed by atoms with Crippen molar-refractivity contribution in [1.82, 2.24) is 0 Å². The van der Waals surface area contributed by atoms with E-state index in [0.29, 0.717) is 5.02 Å². The Labute approximate surface area is 81.0 Å². The molecule has 0 unspecified atom stereocenters. The number of hydrogen-bond acceptors (Lipinski definition) is 4. The van der Waals surface area contributed by atoms with Gasteiger partial charge in [0.25, 0.3) is 0 Å². The van der Waals surface area contributed by atoms with Crippen molar-refractivity contribution in [2.24, 2.45) is 0 Å². The van der Waals surface area contributed by atoms with Crippen LogP contribution in [0.15, 0.2) is 29.2 Å². The van der Waals surface area contributed by atoms with Crippen LogP contribution in [-0.2, 0) is 13.7 Å². The van der Waals surface area contributed by atoms with Gasteiger partial charge in [-0.05, 0) is 37.2 Å². The van der Waals surface area contributed by atoms with E-state index < -0.39 is 10.1 Å². The molecule has 1 aromatic carbocycles. The molecule has 3 nitrogen and oxygen atoms in total. The predicted octanol–water partition coefficient (Wildman–Crippen LogP) is 1.89. The van der Waals surface area contributed by atoms with Gasteiger partial charge in [0.05, 0.1) is 4.90 Å². The molecular formula is C6H5ClO3S2. The average Bonchev–Trinajstić information content (AvgIpc) is 2.05. The fourth-order valence-corrected chi connectivity index (χ4v) is 1.58. The molecule has 0 radical (unpaired) electrons. The topological polar surface area (TPSA) is 43.4 Å². The van der Waals surface area contributed by atoms with E-state index in [0.717, 1.165) is 0 Å². The minimum absolute atomic E-state index is 0.0295. The van der Waals surface area contributed by atoms with Crippen LogP contribution in [0.1, 0.15) is 0 Å². The van der Waals surface area contributed by atoms with Gasteiger partial charge in [-0.2, -0.15) is 12.0 Å². The van der Waals surface area contributed by atoms with Gasteiger partial charge in [-0.1, -0.05) is 11.6 Å². The van der Waals surface area contributed by atoms with E-state index in [2.05, 4.69) is 16.5 Å². The lowest BCUT2D eigenvalue weighted by Gasteiger charge is -1.98. The Kier molecular flexibility index (Phi) is 3.00. The van der Waals surface area contributed by atoms with Crippen molar-refractivity contribution >= 4 is 34.6 Å². The fourth-order valence-electron chi connectivity index (χ4n) is 0.644. The van der Waals surface area contributed by atoms with Gasteiger partial charge >= 0.3 is 10.1 Å². The number of hydrogen-bond donors (Lipinski definition) is 1. The second kappa shape index (κ2) is 3.66. The standard InChI is InChI=1S/C6H5ClO3S2/c7-5-1-3-6(4-2-5)12(8,9)10-11/h1-4,11H. The summed E-state index contributed by atoms with van der Waals surface area (Å²) in [5, 5.41) is 0.466. The van der Waals surface area contributed by atoms with E-state index in [1.54, 1.807) is 0 Å². The van der Waals surface area contributed by atoms with Crippen LogP contribution in [0, 0.1) is 0 Å². The maximum atomic E-state index is 11.0. The Morgan fingerprint density at radius 1 is 1.25 bits per heavy atom. The molecule has 0 N–H and O–H groups in total. The molecule has 0 heterocycles. The minimum atomic E-state index is -3.71. The Balaban J connectivity index is 3.14. The molecule has 0 aliphatic rings. The monoisotopic (exact) mass is 224 g/mol. The first-order valence-electron chi connectivity index (χ1n) is 2.90. The maximum absolute atomic E-state index is 11.0. The van der Waals surface area contributed by atoms with Gasteiger partial charge in [-0.3, -0.25) is 0 Å². The minimum Gasteiger partial charge on any atom is -0.197 e. The Morgan fingerprint density at radius 3 is 2.17 bits per heavy atom. The molecule has 0 saturated heterocycles. The molecule has 6 heteroatoms. The summed E-state index contributed by atoms with van der Waals surface area (Å²) in [5.41, 5.74) is 0. The Hall–Kier alpha value is -0.230. The summed E-state index contributed by atoms with van der Waals surface area (Å²) in [7, 11) is -3.71. The van der Waals surface area contributed by atoms with Crippen molar-refractivity contribution in [2.45, 2.75) is 4.90 Å². The van der Waals surface area contributed by atoms with Crippen molar-refractivity contribution in [3.63, 3.8) is 0 Å². The highest BCUT2D eigenvalue weighted by Crippen LogP contribution is 2.16. The number of benzene rings is 1. The summed E-state index contributed by atoms with van der Waals surface area (Å²) in [6.45, 7) is 0. The summed E-state index contributed by atoms with van der Waals surface area (Å²) in [6, 6.07) is 5.60. The van der Waals surface area contributed by atoms with Crippen LogP contribution in [0.5, 0.6) is 0 Å². The number of thiol groups is 1. The highest BCUT2D eigenvalue weighted by Gasteiger charge is 2.12. The zero-order valence-corrected chi connectivity index (χ0v) is 8.23. The van der Waals surface area contributed by atoms with E-state index in [4.69, 9.17) is 11.6 Å². The SMILES string of the molecule is O=S(=O)(OS)c1ccc(Cl)cc1. The summed E-state index contributed by atoms with van der Waals surface area (Å²) in [4.78, 5) is 0.0295. The molecule has 1 aromatic rings. The molecule has 0 spiro atoms. The molecule has 0 bridgehead atoms. The van der Waals surface area contributed by atoms with Gasteiger partial charge in [0, 0.05) is 5.02 Å². The summed E-state index contributed by atoms with van der Waals surface area (Å²) in [6.07, 6.45) is 0. The molecule has 0 fully saturated rings. The largest absolute Gasteiger partial charge is 0.307 e. The molecular weight excluding hydrogens is 220 g/mol. The molecule has 66 valence electrons. The Morgan fingerprint density at radius 2 is 1.75 bits per heavy atom. The lowest BCUT2D eigenvalue weighted by molar-refractivity contribution is 0.521. The third-order valence-corrected chi connectivity index (χ3v) is 3.09. The molecule has 0 amide bonds. The summed E-state index contributed by atoms with van der Waals surface area (Å²) >= 11 is 8.77. The molecule has 0 saturated carbocycles. The van der Waals surface area contributed by atoms with Crippen LogP contribution in [0.25, 0.3) is 0 Å². The van der Waals surface area contributed by atoms with Crippen LogP contribution in [-0.4, -0.2) is 8.42 Å². The maximum Gasteiger partial charge on any atom is 0.307 e. The third kappa shape index (κ3) is 2.13.